The molecule has 8 nitrogen and oxygen atoms in total. The Bertz CT molecular complexity index is 1150. The van der Waals surface area contributed by atoms with Crippen LogP contribution < -0.4 is 21.3 Å². The first-order chi connectivity index (χ1) is 14.5. The third kappa shape index (κ3) is 4.13. The molecular weight excluding hydrogens is 386 g/mol. The number of amides is 1. The summed E-state index contributed by atoms with van der Waals surface area (Å²) in [7, 11) is 1.54. The van der Waals surface area contributed by atoms with Gasteiger partial charge in [0.1, 0.15) is 11.8 Å². The second-order valence-corrected chi connectivity index (χ2v) is 6.70. The molecule has 1 aromatic heterocycles. The topological polar surface area (TPSA) is 91.6 Å². The maximum atomic E-state index is 13.4. The van der Waals surface area contributed by atoms with Gasteiger partial charge in [0, 0.05) is 13.7 Å². The molecule has 0 aliphatic carbocycles. The number of hydrogen-bond donors (Lipinski definition) is 1. The largest absolute Gasteiger partial charge is 0.494 e. The predicted octanol–water partition coefficient (Wildman–Crippen LogP) is 1.87. The van der Waals surface area contributed by atoms with Gasteiger partial charge < -0.3 is 14.8 Å². The molecule has 8 heteroatoms. The summed E-state index contributed by atoms with van der Waals surface area (Å²) in [6.07, 6.45) is 0. The van der Waals surface area contributed by atoms with E-state index in [9.17, 15) is 14.4 Å². The van der Waals surface area contributed by atoms with Gasteiger partial charge >= 0.3 is 5.69 Å². The molecule has 0 bridgehead atoms. The van der Waals surface area contributed by atoms with Crippen molar-refractivity contribution in [2.45, 2.75) is 19.9 Å². The Morgan fingerprint density at radius 2 is 1.80 bits per heavy atom. The first kappa shape index (κ1) is 21.3. The quantitative estimate of drug-likeness (QED) is 0.572. The van der Waals surface area contributed by atoms with Crippen LogP contribution in [0.4, 0.5) is 0 Å². The van der Waals surface area contributed by atoms with Crippen LogP contribution in [-0.2, 0) is 9.53 Å². The molecule has 3 aromatic rings. The number of benzene rings is 2. The molecule has 158 valence electrons. The molecule has 0 aliphatic heterocycles. The van der Waals surface area contributed by atoms with Crippen LogP contribution in [-0.4, -0.2) is 41.9 Å². The van der Waals surface area contributed by atoms with Gasteiger partial charge in [-0.05, 0) is 50.2 Å². The number of methoxy groups -OCH3 is 1. The van der Waals surface area contributed by atoms with Gasteiger partial charge in [-0.1, -0.05) is 12.1 Å². The maximum absolute atomic E-state index is 13.4. The van der Waals surface area contributed by atoms with Crippen LogP contribution >= 0.6 is 0 Å². The van der Waals surface area contributed by atoms with Crippen molar-refractivity contribution in [2.75, 3.05) is 26.9 Å². The Morgan fingerprint density at radius 3 is 2.47 bits per heavy atom. The predicted molar refractivity (Wildman–Crippen MR) is 115 cm³/mol. The highest BCUT2D eigenvalue weighted by molar-refractivity contribution is 5.84. The number of nitrogens with zero attached hydrogens (tertiary/aromatic N) is 2. The van der Waals surface area contributed by atoms with E-state index in [0.717, 1.165) is 4.57 Å². The van der Waals surface area contributed by atoms with Gasteiger partial charge in [-0.15, -0.1) is 0 Å². The summed E-state index contributed by atoms with van der Waals surface area (Å²) < 4.78 is 12.8. The first-order valence-corrected chi connectivity index (χ1v) is 9.75. The lowest BCUT2D eigenvalue weighted by molar-refractivity contribution is -0.124. The highest BCUT2D eigenvalue weighted by Gasteiger charge is 2.22. The summed E-state index contributed by atoms with van der Waals surface area (Å²) in [5, 5.41) is 3.09. The summed E-state index contributed by atoms with van der Waals surface area (Å²) in [6.45, 7) is 4.70. The second-order valence-electron chi connectivity index (χ2n) is 6.70. The Hall–Kier alpha value is -3.39. The molecule has 0 radical (unpaired) electrons. The van der Waals surface area contributed by atoms with Crippen LogP contribution in [0.5, 0.6) is 5.75 Å². The maximum Gasteiger partial charge on any atom is 0.336 e. The summed E-state index contributed by atoms with van der Waals surface area (Å²) in [5.41, 5.74) is -0.218. The van der Waals surface area contributed by atoms with Crippen LogP contribution in [0.2, 0.25) is 0 Å². The second kappa shape index (κ2) is 9.41. The summed E-state index contributed by atoms with van der Waals surface area (Å²) in [4.78, 5) is 39.1. The lowest BCUT2D eigenvalue weighted by atomic mass is 10.2. The van der Waals surface area contributed by atoms with Gasteiger partial charge in [-0.2, -0.15) is 0 Å². The fourth-order valence-electron chi connectivity index (χ4n) is 3.28. The smallest absolute Gasteiger partial charge is 0.336 e. The van der Waals surface area contributed by atoms with Gasteiger partial charge in [0.15, 0.2) is 0 Å². The van der Waals surface area contributed by atoms with E-state index in [0.29, 0.717) is 42.1 Å². The van der Waals surface area contributed by atoms with Crippen LogP contribution in [0.1, 0.15) is 19.9 Å². The first-order valence-electron chi connectivity index (χ1n) is 9.75. The summed E-state index contributed by atoms with van der Waals surface area (Å²) >= 11 is 0. The van der Waals surface area contributed by atoms with Gasteiger partial charge in [-0.3, -0.25) is 14.2 Å². The van der Waals surface area contributed by atoms with Gasteiger partial charge in [0.05, 0.1) is 29.8 Å². The van der Waals surface area contributed by atoms with Crippen molar-refractivity contribution in [3.8, 4) is 11.4 Å². The number of carbonyl (C=O) groups excluding carboxylic acids is 1. The van der Waals surface area contributed by atoms with Crippen molar-refractivity contribution in [3.63, 3.8) is 0 Å². The van der Waals surface area contributed by atoms with E-state index < -0.39 is 17.3 Å². The molecule has 1 unspecified atom stereocenters. The van der Waals surface area contributed by atoms with Gasteiger partial charge in [-0.25, -0.2) is 9.36 Å². The normalized spacial score (nSPS) is 12.0. The van der Waals surface area contributed by atoms with E-state index in [-0.39, 0.29) is 5.91 Å². The summed E-state index contributed by atoms with van der Waals surface area (Å²) in [5.74, 6) is 0.303. The number of nitrogens with one attached hydrogen (secondary N) is 1. The van der Waals surface area contributed by atoms with E-state index in [1.54, 1.807) is 62.6 Å². The van der Waals surface area contributed by atoms with Crippen LogP contribution in [0.15, 0.2) is 58.1 Å². The number of rotatable bonds is 8. The number of carbonyl (C=O) groups is 1. The molecule has 0 aliphatic rings. The zero-order valence-electron chi connectivity index (χ0n) is 17.3. The van der Waals surface area contributed by atoms with Crippen molar-refractivity contribution in [1.29, 1.82) is 0 Å². The molecule has 1 heterocycles. The van der Waals surface area contributed by atoms with Crippen LogP contribution in [0.3, 0.4) is 0 Å². The standard InChI is InChI=1S/C22H25N3O5/c1-4-30-17-11-9-16(10-12-17)25-21(27)18-7-5-6-8-19(18)24(22(25)28)15(2)20(26)23-13-14-29-3/h5-12,15H,4,13-14H2,1-3H3,(H,23,26). The number of hydrogen-bond acceptors (Lipinski definition) is 5. The molecule has 3 rings (SSSR count). The fourth-order valence-corrected chi connectivity index (χ4v) is 3.28. The molecule has 30 heavy (non-hydrogen) atoms. The highest BCUT2D eigenvalue weighted by atomic mass is 16.5. The van der Waals surface area contributed by atoms with E-state index in [4.69, 9.17) is 9.47 Å². The zero-order chi connectivity index (χ0) is 21.7. The van der Waals surface area contributed by atoms with Crippen molar-refractivity contribution >= 4 is 16.8 Å². The summed E-state index contributed by atoms with van der Waals surface area (Å²) in [6, 6.07) is 12.6. The molecule has 0 fully saturated rings. The average molecular weight is 411 g/mol. The average Bonchev–Trinajstić information content (AvgIpc) is 2.75. The number of fused-ring (bicyclic) bond motifs is 1. The van der Waals surface area contributed by atoms with E-state index in [1.807, 2.05) is 6.92 Å². The van der Waals surface area contributed by atoms with E-state index in [1.165, 1.54) is 4.57 Å². The Labute approximate surface area is 173 Å². The van der Waals surface area contributed by atoms with E-state index in [2.05, 4.69) is 5.32 Å². The number of aromatic nitrogens is 2. The van der Waals surface area contributed by atoms with Crippen molar-refractivity contribution in [2.24, 2.45) is 0 Å². The Morgan fingerprint density at radius 1 is 1.10 bits per heavy atom. The molecule has 1 amide bonds. The minimum Gasteiger partial charge on any atom is -0.494 e. The molecule has 0 saturated carbocycles. The lowest BCUT2D eigenvalue weighted by Crippen LogP contribution is -2.44. The highest BCUT2D eigenvalue weighted by Crippen LogP contribution is 2.17. The monoisotopic (exact) mass is 411 g/mol. The van der Waals surface area contributed by atoms with E-state index >= 15 is 0 Å². The van der Waals surface area contributed by atoms with Gasteiger partial charge in [0.25, 0.3) is 5.56 Å². The Balaban J connectivity index is 2.17. The Kier molecular flexibility index (Phi) is 6.68. The third-order valence-electron chi connectivity index (χ3n) is 4.77. The third-order valence-corrected chi connectivity index (χ3v) is 4.77. The van der Waals surface area contributed by atoms with Crippen LogP contribution in [0.25, 0.3) is 16.6 Å². The zero-order valence-corrected chi connectivity index (χ0v) is 17.3. The number of ether oxygens (including phenoxy) is 2. The number of para-hydroxylation sites is 1. The van der Waals surface area contributed by atoms with Crippen molar-refractivity contribution in [1.82, 2.24) is 14.5 Å². The van der Waals surface area contributed by atoms with Crippen LogP contribution in [0, 0.1) is 0 Å². The molecule has 1 atom stereocenters. The molecule has 0 spiro atoms. The minimum absolute atomic E-state index is 0.324. The van der Waals surface area contributed by atoms with Gasteiger partial charge in [0.2, 0.25) is 5.91 Å². The van der Waals surface area contributed by atoms with Crippen molar-refractivity contribution < 1.29 is 14.3 Å². The molecular formula is C22H25N3O5. The molecule has 2 aromatic carbocycles. The minimum atomic E-state index is -0.825. The lowest BCUT2D eigenvalue weighted by Gasteiger charge is -2.19. The fraction of sp³-hybridized carbons (Fsp3) is 0.318. The SMILES string of the molecule is CCOc1ccc(-n2c(=O)c3ccccc3n(C(C)C(=O)NCCOC)c2=O)cc1. The molecule has 1 N–H and O–H groups in total. The van der Waals surface area contributed by atoms with Crippen molar-refractivity contribution in [3.05, 3.63) is 69.4 Å². The molecule has 0 saturated heterocycles.